The third-order valence-corrected chi connectivity index (χ3v) is 6.79. The Morgan fingerprint density at radius 3 is 2.21 bits per heavy atom. The highest BCUT2D eigenvalue weighted by atomic mass is 16.5. The molecule has 4 N–H and O–H groups in total. The first-order chi connectivity index (χ1) is 22.9. The number of rotatable bonds is 9. The number of carbonyl (C=O) groups is 2. The Hall–Kier alpha value is -5.44. The number of pyridine rings is 1. The molecule has 11 heteroatoms. The Kier molecular flexibility index (Phi) is 15.8. The summed E-state index contributed by atoms with van der Waals surface area (Å²) in [5, 5.41) is 16.6. The van der Waals surface area contributed by atoms with Gasteiger partial charge < -0.3 is 35.1 Å². The van der Waals surface area contributed by atoms with Crippen LogP contribution in [0.2, 0.25) is 0 Å². The van der Waals surface area contributed by atoms with E-state index >= 15 is 0 Å². The molecule has 47 heavy (non-hydrogen) atoms. The van der Waals surface area contributed by atoms with Crippen molar-refractivity contribution in [3.63, 3.8) is 0 Å². The highest BCUT2D eigenvalue weighted by Gasteiger charge is 2.14. The van der Waals surface area contributed by atoms with Gasteiger partial charge >= 0.3 is 6.09 Å². The number of aryl methyl sites for hydroxylation is 1. The molecule has 1 saturated heterocycles. The van der Waals surface area contributed by atoms with Crippen molar-refractivity contribution in [3.8, 4) is 11.8 Å². The van der Waals surface area contributed by atoms with Crippen LogP contribution in [0.1, 0.15) is 34.9 Å². The van der Waals surface area contributed by atoms with Gasteiger partial charge in [-0.05, 0) is 59.9 Å². The number of morpholine rings is 1. The lowest BCUT2D eigenvalue weighted by Gasteiger charge is -2.23. The highest BCUT2D eigenvalue weighted by Crippen LogP contribution is 2.13. The minimum atomic E-state index is -0.706. The van der Waals surface area contributed by atoms with Crippen LogP contribution in [0.25, 0.3) is 0 Å². The second kappa shape index (κ2) is 20.6. The molecule has 1 atom stereocenters. The summed E-state index contributed by atoms with van der Waals surface area (Å²) in [4.78, 5) is 36.3. The topological polar surface area (TPSA) is 155 Å². The molecule has 254 valence electrons. The first-order valence-corrected chi connectivity index (χ1v) is 15.3. The van der Waals surface area contributed by atoms with Crippen molar-refractivity contribution in [2.75, 3.05) is 45.3 Å². The van der Waals surface area contributed by atoms with Crippen molar-refractivity contribution < 1.29 is 29.5 Å². The Morgan fingerprint density at radius 1 is 1.00 bits per heavy atom. The van der Waals surface area contributed by atoms with E-state index in [0.29, 0.717) is 18.6 Å². The average molecular weight is 648 g/mol. The molecule has 0 spiro atoms. The number of amides is 2. The minimum absolute atomic E-state index is 0. The maximum absolute atomic E-state index is 11.5. The Labute approximate surface area is 280 Å². The zero-order chi connectivity index (χ0) is 33.7. The molecule has 2 heterocycles. The zero-order valence-corrected chi connectivity index (χ0v) is 26.7. The molecule has 5 rings (SSSR count). The number of nitriles is 1. The number of ether oxygens (including phenoxy) is 3. The molecule has 4 aromatic rings. The van der Waals surface area contributed by atoms with Crippen molar-refractivity contribution in [3.05, 3.63) is 130 Å². The van der Waals surface area contributed by atoms with Gasteiger partial charge in [0.1, 0.15) is 30.7 Å². The third-order valence-electron chi connectivity index (χ3n) is 6.79. The lowest BCUT2D eigenvalue weighted by atomic mass is 10.1. The Bertz CT molecular complexity index is 1580. The van der Waals surface area contributed by atoms with Crippen LogP contribution in [0.3, 0.4) is 0 Å². The van der Waals surface area contributed by atoms with Crippen LogP contribution < -0.4 is 26.2 Å². The summed E-state index contributed by atoms with van der Waals surface area (Å²) in [7, 11) is 1.20. The van der Waals surface area contributed by atoms with Gasteiger partial charge in [-0.2, -0.15) is 5.26 Å². The summed E-state index contributed by atoms with van der Waals surface area (Å²) in [5.74, 6) is 0.278. The van der Waals surface area contributed by atoms with E-state index in [1.54, 1.807) is 30.3 Å². The Morgan fingerprint density at radius 2 is 1.66 bits per heavy atom. The number of anilines is 1. The van der Waals surface area contributed by atoms with Crippen molar-refractivity contribution in [2.24, 2.45) is 0 Å². The van der Waals surface area contributed by atoms with Gasteiger partial charge in [-0.15, -0.1) is 0 Å². The van der Waals surface area contributed by atoms with E-state index in [2.05, 4.69) is 92.4 Å². The molecule has 1 aliphatic rings. The van der Waals surface area contributed by atoms with Gasteiger partial charge in [0.05, 0.1) is 25.3 Å². The van der Waals surface area contributed by atoms with E-state index in [9.17, 15) is 14.4 Å². The molecular weight excluding hydrogens is 598 g/mol. The van der Waals surface area contributed by atoms with Gasteiger partial charge in [0, 0.05) is 25.0 Å². The number of aromatic nitrogens is 1. The summed E-state index contributed by atoms with van der Waals surface area (Å²) in [5.41, 5.74) is 3.94. The fourth-order valence-electron chi connectivity index (χ4n) is 4.33. The average Bonchev–Trinajstić information content (AvgIpc) is 3.12. The van der Waals surface area contributed by atoms with Crippen LogP contribution in [-0.4, -0.2) is 63.0 Å². The van der Waals surface area contributed by atoms with Crippen LogP contribution in [-0.2, 0) is 27.1 Å². The van der Waals surface area contributed by atoms with Crippen LogP contribution in [0, 0.1) is 11.3 Å². The van der Waals surface area contributed by atoms with Gasteiger partial charge in [-0.3, -0.25) is 9.59 Å². The second-order valence-electron chi connectivity index (χ2n) is 10.2. The molecule has 0 saturated carbocycles. The standard InChI is InChI=1S/C13H12.C12H14N2O2.C11H15N3O4.4H2/c1-3-7-12(8-4-1)11-13-9-5-2-6-10-13;13-7-10-1-3-11(4-2-10)16-9-12-8-14-5-6-15-12;1-3-7-4-5-12-10(16)9(7)14-8(15)6-13-11(17)18-2;;;;/h1-10H,11H2;1-4,12,14H,5-6,8-9H2;4-5H,3,6H2,1-2H3,(H,12,16)(H,13,17)(H,14,15);4*1H/t;12-;;;;;/m.0...../s1. The lowest BCUT2D eigenvalue weighted by molar-refractivity contribution is -0.115. The molecular formula is C36H49N5O6. The molecule has 1 aromatic heterocycles. The van der Waals surface area contributed by atoms with E-state index < -0.39 is 12.0 Å². The number of hydrogen-bond donors (Lipinski definition) is 4. The van der Waals surface area contributed by atoms with Gasteiger partial charge in [0.15, 0.2) is 0 Å². The molecule has 3 aromatic carbocycles. The molecule has 0 bridgehead atoms. The van der Waals surface area contributed by atoms with E-state index in [0.717, 1.165) is 37.4 Å². The third kappa shape index (κ3) is 13.6. The fourth-order valence-corrected chi connectivity index (χ4v) is 4.33. The first-order valence-electron chi connectivity index (χ1n) is 15.3. The van der Waals surface area contributed by atoms with Crippen LogP contribution in [0.5, 0.6) is 5.75 Å². The van der Waals surface area contributed by atoms with Gasteiger partial charge in [-0.25, -0.2) is 4.79 Å². The number of nitrogens with zero attached hydrogens (tertiary/aromatic N) is 1. The molecule has 0 unspecified atom stereocenters. The highest BCUT2D eigenvalue weighted by molar-refractivity contribution is 5.94. The number of H-pyrrole nitrogens is 1. The Balaban J connectivity index is 0. The van der Waals surface area contributed by atoms with Crippen molar-refractivity contribution >= 4 is 17.7 Å². The zero-order valence-electron chi connectivity index (χ0n) is 26.7. The van der Waals surface area contributed by atoms with E-state index in [1.807, 2.05) is 6.92 Å². The van der Waals surface area contributed by atoms with E-state index in [4.69, 9.17) is 14.7 Å². The lowest BCUT2D eigenvalue weighted by Crippen LogP contribution is -2.41. The van der Waals surface area contributed by atoms with Crippen molar-refractivity contribution in [1.29, 1.82) is 5.26 Å². The van der Waals surface area contributed by atoms with Gasteiger partial charge in [0.25, 0.3) is 5.56 Å². The van der Waals surface area contributed by atoms with Gasteiger partial charge in [-0.1, -0.05) is 67.6 Å². The molecule has 2 amide bonds. The van der Waals surface area contributed by atoms with E-state index in [1.165, 1.54) is 24.4 Å². The predicted octanol–water partition coefficient (Wildman–Crippen LogP) is 5.42. The fraction of sp³-hybridized carbons (Fsp3) is 0.278. The number of nitrogens with one attached hydrogen (secondary N) is 4. The number of methoxy groups -OCH3 is 1. The molecule has 1 aliphatic heterocycles. The smallest absolute Gasteiger partial charge is 0.407 e. The largest absolute Gasteiger partial charge is 0.491 e. The van der Waals surface area contributed by atoms with E-state index in [-0.39, 0.29) is 29.6 Å². The monoisotopic (exact) mass is 647 g/mol. The molecule has 11 nitrogen and oxygen atoms in total. The van der Waals surface area contributed by atoms with Crippen LogP contribution in [0.15, 0.2) is 102 Å². The number of benzene rings is 3. The summed E-state index contributed by atoms with van der Waals surface area (Å²) >= 11 is 0. The summed E-state index contributed by atoms with van der Waals surface area (Å²) in [6.07, 6.45) is 2.57. The van der Waals surface area contributed by atoms with Crippen LogP contribution in [0.4, 0.5) is 10.5 Å². The van der Waals surface area contributed by atoms with Crippen molar-refractivity contribution in [2.45, 2.75) is 25.9 Å². The summed E-state index contributed by atoms with van der Waals surface area (Å²) in [6, 6.07) is 31.9. The first kappa shape index (κ1) is 36.0. The number of aromatic amines is 1. The SMILES string of the molecule is CCc1cc[nH]c(=O)c1NC(=O)CNC(=O)OC.N#Cc1ccc(OC[C@@H]2CNCCO2)cc1.[HH].[HH].[HH].[HH].c1ccc(Cc2ccccc2)cc1. The number of carbonyl (C=O) groups excluding carboxylic acids is 2. The minimum Gasteiger partial charge on any atom is -0.491 e. The van der Waals surface area contributed by atoms with Crippen molar-refractivity contribution in [1.82, 2.24) is 15.6 Å². The second-order valence-corrected chi connectivity index (χ2v) is 10.2. The molecule has 1 fully saturated rings. The number of alkyl carbamates (subject to hydrolysis) is 1. The predicted molar refractivity (Wildman–Crippen MR) is 189 cm³/mol. The maximum Gasteiger partial charge on any atom is 0.407 e. The molecule has 0 aliphatic carbocycles. The molecule has 0 radical (unpaired) electrons. The maximum atomic E-state index is 11.5. The quantitative estimate of drug-likeness (QED) is 0.188. The van der Waals surface area contributed by atoms with Gasteiger partial charge in [0.2, 0.25) is 5.91 Å². The number of hydrogen-bond acceptors (Lipinski definition) is 8. The normalized spacial score (nSPS) is 13.3. The summed E-state index contributed by atoms with van der Waals surface area (Å²) < 4.78 is 15.4. The van der Waals surface area contributed by atoms with Crippen LogP contribution >= 0.6 is 0 Å². The summed E-state index contributed by atoms with van der Waals surface area (Å²) in [6.45, 7) is 4.63.